The first-order valence-electron chi connectivity index (χ1n) is 14.9. The molecule has 2 amide bonds. The minimum Gasteiger partial charge on any atom is -0.489 e. The second-order valence-corrected chi connectivity index (χ2v) is 12.1. The highest BCUT2D eigenvalue weighted by atomic mass is 16.5. The summed E-state index contributed by atoms with van der Waals surface area (Å²) in [5.41, 5.74) is 2.11. The molecule has 40 heavy (non-hydrogen) atoms. The molecule has 7 heteroatoms. The molecule has 0 aromatic heterocycles. The number of likely N-dealkylation sites (N-methyl/N-ethyl adjacent to an activating group) is 2. The third-order valence-corrected chi connectivity index (χ3v) is 7.63. The zero-order chi connectivity index (χ0) is 29.1. The minimum atomic E-state index is -0.611. The van der Waals surface area contributed by atoms with Crippen LogP contribution < -0.4 is 10.1 Å². The zero-order valence-electron chi connectivity index (χ0n) is 25.4. The lowest BCUT2D eigenvalue weighted by molar-refractivity contribution is -0.139. The number of amides is 2. The second kappa shape index (κ2) is 15.8. The van der Waals surface area contributed by atoms with Gasteiger partial charge < -0.3 is 19.9 Å². The molecule has 1 fully saturated rings. The number of piperazine rings is 1. The van der Waals surface area contributed by atoms with Crippen LogP contribution in [0.2, 0.25) is 0 Å². The minimum absolute atomic E-state index is 0.000940. The molecule has 0 radical (unpaired) electrons. The van der Waals surface area contributed by atoms with Gasteiger partial charge in [-0.2, -0.15) is 0 Å². The lowest BCUT2D eigenvalue weighted by Gasteiger charge is -2.36. The number of ether oxygens (including phenoxy) is 1. The van der Waals surface area contributed by atoms with E-state index >= 15 is 0 Å². The number of hydrogen-bond acceptors (Lipinski definition) is 5. The van der Waals surface area contributed by atoms with E-state index in [2.05, 4.69) is 49.9 Å². The second-order valence-electron chi connectivity index (χ2n) is 12.1. The standard InChI is InChI=1S/C33H50N4O3/c1-25(2)16-17-36(6)31(22-26(3)4)32(38)34-30(33(39)37-20-18-35(5)19-21-37)23-27-12-14-29(15-13-27)40-24-28-10-8-7-9-11-28/h7-15,25-26,30-31H,16-24H2,1-6H3,(H,34,38)/t30-,31+/m0/s1. The van der Waals surface area contributed by atoms with Crippen LogP contribution >= 0.6 is 0 Å². The van der Waals surface area contributed by atoms with Crippen LogP contribution in [-0.4, -0.2) is 85.4 Å². The molecule has 2 aromatic carbocycles. The van der Waals surface area contributed by atoms with Crippen molar-refractivity contribution >= 4 is 11.8 Å². The summed E-state index contributed by atoms with van der Waals surface area (Å²) in [6, 6.07) is 17.1. The lowest BCUT2D eigenvalue weighted by Crippen LogP contribution is -2.57. The van der Waals surface area contributed by atoms with Crippen molar-refractivity contribution in [3.8, 4) is 5.75 Å². The molecule has 1 aliphatic rings. The third-order valence-electron chi connectivity index (χ3n) is 7.63. The van der Waals surface area contributed by atoms with Crippen LogP contribution in [0.15, 0.2) is 54.6 Å². The molecule has 1 aliphatic heterocycles. The Kier molecular flexibility index (Phi) is 12.5. The molecule has 0 unspecified atom stereocenters. The van der Waals surface area contributed by atoms with Gasteiger partial charge in [0.2, 0.25) is 11.8 Å². The Morgan fingerprint density at radius 2 is 1.55 bits per heavy atom. The maximum absolute atomic E-state index is 13.8. The Morgan fingerprint density at radius 1 is 0.900 bits per heavy atom. The predicted molar refractivity (Wildman–Crippen MR) is 162 cm³/mol. The molecule has 0 aliphatic carbocycles. The van der Waals surface area contributed by atoms with E-state index in [1.807, 2.05) is 66.5 Å². The Labute approximate surface area is 241 Å². The summed E-state index contributed by atoms with van der Waals surface area (Å²) in [4.78, 5) is 33.8. The predicted octanol–water partition coefficient (Wildman–Crippen LogP) is 4.46. The molecule has 0 saturated carbocycles. The number of nitrogens with zero attached hydrogens (tertiary/aromatic N) is 3. The monoisotopic (exact) mass is 550 g/mol. The molecule has 2 atom stereocenters. The summed E-state index contributed by atoms with van der Waals surface area (Å²) in [6.07, 6.45) is 2.23. The maximum Gasteiger partial charge on any atom is 0.245 e. The highest BCUT2D eigenvalue weighted by Gasteiger charge is 2.32. The molecule has 3 rings (SSSR count). The highest BCUT2D eigenvalue weighted by Crippen LogP contribution is 2.18. The van der Waals surface area contributed by atoms with Gasteiger partial charge in [0.25, 0.3) is 0 Å². The summed E-state index contributed by atoms with van der Waals surface area (Å²) >= 11 is 0. The fraction of sp³-hybridized carbons (Fsp3) is 0.576. The molecular weight excluding hydrogens is 500 g/mol. The fourth-order valence-electron chi connectivity index (χ4n) is 4.96. The molecule has 2 aromatic rings. The Morgan fingerprint density at radius 3 is 2.15 bits per heavy atom. The fourth-order valence-corrected chi connectivity index (χ4v) is 4.96. The zero-order valence-corrected chi connectivity index (χ0v) is 25.4. The smallest absolute Gasteiger partial charge is 0.245 e. The van der Waals surface area contributed by atoms with Gasteiger partial charge in [0.05, 0.1) is 6.04 Å². The van der Waals surface area contributed by atoms with Crippen LogP contribution in [0.1, 0.15) is 51.7 Å². The average Bonchev–Trinajstić information content (AvgIpc) is 2.94. The molecule has 1 saturated heterocycles. The van der Waals surface area contributed by atoms with Gasteiger partial charge in [0.15, 0.2) is 0 Å². The number of nitrogens with one attached hydrogen (secondary N) is 1. The highest BCUT2D eigenvalue weighted by molar-refractivity contribution is 5.90. The van der Waals surface area contributed by atoms with E-state index in [1.165, 1.54) is 0 Å². The van der Waals surface area contributed by atoms with Crippen LogP contribution in [0.3, 0.4) is 0 Å². The van der Waals surface area contributed by atoms with Crippen LogP contribution in [-0.2, 0) is 22.6 Å². The van der Waals surface area contributed by atoms with E-state index in [1.54, 1.807) is 0 Å². The number of benzene rings is 2. The van der Waals surface area contributed by atoms with E-state index in [-0.39, 0.29) is 17.9 Å². The van der Waals surface area contributed by atoms with Crippen molar-refractivity contribution in [2.24, 2.45) is 11.8 Å². The summed E-state index contributed by atoms with van der Waals surface area (Å²) in [5.74, 6) is 1.65. The Bertz CT molecular complexity index is 1030. The van der Waals surface area contributed by atoms with E-state index in [0.717, 1.165) is 49.4 Å². The SMILES string of the molecule is CC(C)CCN(C)[C@H](CC(C)C)C(=O)N[C@@H](Cc1ccc(OCc2ccccc2)cc1)C(=O)N1CCN(C)CC1. The summed E-state index contributed by atoms with van der Waals surface area (Å²) < 4.78 is 5.95. The van der Waals surface area contributed by atoms with Crippen LogP contribution in [0.4, 0.5) is 0 Å². The summed E-state index contributed by atoms with van der Waals surface area (Å²) in [7, 11) is 4.10. The molecule has 1 N–H and O–H groups in total. The van der Waals surface area contributed by atoms with Gasteiger partial charge in [-0.05, 0) is 68.6 Å². The van der Waals surface area contributed by atoms with Crippen molar-refractivity contribution in [3.05, 3.63) is 65.7 Å². The van der Waals surface area contributed by atoms with Gasteiger partial charge in [-0.25, -0.2) is 0 Å². The van der Waals surface area contributed by atoms with Crippen molar-refractivity contribution in [1.82, 2.24) is 20.0 Å². The van der Waals surface area contributed by atoms with Crippen molar-refractivity contribution in [2.75, 3.05) is 46.8 Å². The van der Waals surface area contributed by atoms with E-state index in [9.17, 15) is 9.59 Å². The van der Waals surface area contributed by atoms with Crippen molar-refractivity contribution < 1.29 is 14.3 Å². The maximum atomic E-state index is 13.8. The number of carbonyl (C=O) groups excluding carboxylic acids is 2. The van der Waals surface area contributed by atoms with Crippen LogP contribution in [0, 0.1) is 11.8 Å². The van der Waals surface area contributed by atoms with Gasteiger partial charge in [-0.3, -0.25) is 14.5 Å². The molecular formula is C33H50N4O3. The number of rotatable bonds is 14. The topological polar surface area (TPSA) is 65.1 Å². The van der Waals surface area contributed by atoms with Crippen molar-refractivity contribution in [2.45, 2.75) is 65.6 Å². The largest absolute Gasteiger partial charge is 0.489 e. The first kappa shape index (κ1) is 31.6. The van der Waals surface area contributed by atoms with E-state index in [4.69, 9.17) is 4.74 Å². The van der Waals surface area contributed by atoms with Gasteiger partial charge >= 0.3 is 0 Å². The summed E-state index contributed by atoms with van der Waals surface area (Å²) in [6.45, 7) is 13.1. The molecule has 7 nitrogen and oxygen atoms in total. The first-order chi connectivity index (χ1) is 19.1. The van der Waals surface area contributed by atoms with Gasteiger partial charge in [0, 0.05) is 32.6 Å². The van der Waals surface area contributed by atoms with Crippen LogP contribution in [0.5, 0.6) is 5.75 Å². The quantitative estimate of drug-likeness (QED) is 0.376. The lowest BCUT2D eigenvalue weighted by atomic mass is 9.99. The van der Waals surface area contributed by atoms with Crippen LogP contribution in [0.25, 0.3) is 0 Å². The van der Waals surface area contributed by atoms with Crippen molar-refractivity contribution in [1.29, 1.82) is 0 Å². The average molecular weight is 551 g/mol. The third kappa shape index (κ3) is 10.3. The summed E-state index contributed by atoms with van der Waals surface area (Å²) in [5, 5.41) is 3.19. The number of carbonyl (C=O) groups is 2. The number of hydrogen-bond donors (Lipinski definition) is 1. The van der Waals surface area contributed by atoms with E-state index in [0.29, 0.717) is 38.0 Å². The normalized spacial score (nSPS) is 15.9. The van der Waals surface area contributed by atoms with Gasteiger partial charge in [0.1, 0.15) is 18.4 Å². The van der Waals surface area contributed by atoms with Gasteiger partial charge in [-0.1, -0.05) is 70.2 Å². The molecule has 220 valence electrons. The Balaban J connectivity index is 1.73. The molecule has 1 heterocycles. The van der Waals surface area contributed by atoms with E-state index < -0.39 is 6.04 Å². The Hall–Kier alpha value is -2.90. The van der Waals surface area contributed by atoms with Gasteiger partial charge in [-0.15, -0.1) is 0 Å². The first-order valence-corrected chi connectivity index (χ1v) is 14.9. The van der Waals surface area contributed by atoms with Crippen molar-refractivity contribution in [3.63, 3.8) is 0 Å². The molecule has 0 bridgehead atoms. The molecule has 0 spiro atoms.